The van der Waals surface area contributed by atoms with E-state index in [0.717, 1.165) is 22.7 Å². The number of benzene rings is 9. The zero-order valence-electron chi connectivity index (χ0n) is 36.7. The second-order valence-corrected chi connectivity index (χ2v) is 18.6. The normalized spacial score (nSPS) is 14.5. The number of hydrogen-bond acceptors (Lipinski definition) is 2. The molecule has 0 radical (unpaired) electrons. The number of allylic oxidation sites excluding steroid dienone is 2. The summed E-state index contributed by atoms with van der Waals surface area (Å²) < 4.78 is 2.63. The average molecular weight is 812 g/mol. The first-order chi connectivity index (χ1) is 30.6. The van der Waals surface area contributed by atoms with Gasteiger partial charge in [0.25, 0.3) is 0 Å². The van der Waals surface area contributed by atoms with Gasteiger partial charge >= 0.3 is 0 Å². The number of fused-ring (bicyclic) bond motifs is 3. The van der Waals surface area contributed by atoms with E-state index in [0.29, 0.717) is 0 Å². The summed E-state index contributed by atoms with van der Waals surface area (Å²) in [6, 6.07) is 67.7. The number of anilines is 5. The van der Waals surface area contributed by atoms with E-state index in [4.69, 9.17) is 0 Å². The third-order valence-corrected chi connectivity index (χ3v) is 14.4. The molecule has 0 saturated carbocycles. The molecule has 0 N–H and O–H groups in total. The van der Waals surface area contributed by atoms with Crippen LogP contribution in [0.15, 0.2) is 194 Å². The van der Waals surface area contributed by atoms with Gasteiger partial charge in [0.15, 0.2) is 0 Å². The molecule has 304 valence electrons. The summed E-state index contributed by atoms with van der Waals surface area (Å²) in [5, 5.41) is 7.49. The highest BCUT2D eigenvalue weighted by Crippen LogP contribution is 2.57. The highest BCUT2D eigenvalue weighted by atomic mass is 15.2. The lowest BCUT2D eigenvalue weighted by molar-refractivity contribution is 0.594. The molecule has 3 nitrogen and oxygen atoms in total. The summed E-state index contributed by atoms with van der Waals surface area (Å²) in [4.78, 5) is 4.87. The predicted octanol–water partition coefficient (Wildman–Crippen LogP) is 16.6. The van der Waals surface area contributed by atoms with Crippen molar-refractivity contribution < 1.29 is 0 Å². The smallest absolute Gasteiger partial charge is 0.0583 e. The van der Waals surface area contributed by atoms with Crippen molar-refractivity contribution in [1.82, 2.24) is 4.57 Å². The first-order valence-electron chi connectivity index (χ1n) is 22.3. The van der Waals surface area contributed by atoms with E-state index in [1.807, 2.05) is 0 Å². The van der Waals surface area contributed by atoms with E-state index >= 15 is 0 Å². The molecular formula is C60H49N3. The SMILES string of the molecule is CC=C(C)N(c1ccccc1)c1cc2c3c(c1)c1cc(-c4ccc(N(c5cccc6ccccc56)c5cccc6ccccc56)cc4)cc4c1n3-c1c(cccc1C2(C)C)C4(C)C. The summed E-state index contributed by atoms with van der Waals surface area (Å²) in [5.74, 6) is 0. The lowest BCUT2D eigenvalue weighted by Gasteiger charge is -2.42. The van der Waals surface area contributed by atoms with Crippen LogP contribution < -0.4 is 9.80 Å². The Morgan fingerprint density at radius 2 is 0.968 bits per heavy atom. The Morgan fingerprint density at radius 1 is 0.444 bits per heavy atom. The van der Waals surface area contributed by atoms with Crippen LogP contribution in [-0.4, -0.2) is 4.57 Å². The molecule has 12 rings (SSSR count). The lowest BCUT2D eigenvalue weighted by atomic mass is 9.68. The van der Waals surface area contributed by atoms with Crippen LogP contribution in [-0.2, 0) is 10.8 Å². The molecule has 0 bridgehead atoms. The molecule has 10 aromatic rings. The summed E-state index contributed by atoms with van der Waals surface area (Å²) >= 11 is 0. The molecule has 0 fully saturated rings. The topological polar surface area (TPSA) is 11.4 Å². The second-order valence-electron chi connectivity index (χ2n) is 18.6. The van der Waals surface area contributed by atoms with Crippen LogP contribution >= 0.6 is 0 Å². The standard InChI is InChI=1S/C60H49N3/c1-7-38(2)61(43-22-9-8-10-23-43)45-36-49-48-34-42(35-52-56(48)63-57(49)53(37-45)60(5,6)51-27-17-26-50(58(51)63)59(52,3)4)39-30-32-44(33-31-39)62(54-28-15-20-40-18-11-13-24-46(40)54)55-29-16-21-41-19-12-14-25-47(41)55/h7-37H,1-6H3. The largest absolute Gasteiger partial charge is 0.315 e. The highest BCUT2D eigenvalue weighted by Gasteiger charge is 2.44. The Hall–Kier alpha value is -7.36. The molecule has 2 aliphatic rings. The Labute approximate surface area is 369 Å². The van der Waals surface area contributed by atoms with Crippen LogP contribution in [0.2, 0.25) is 0 Å². The van der Waals surface area contributed by atoms with Crippen molar-refractivity contribution in [3.63, 3.8) is 0 Å². The zero-order valence-corrected chi connectivity index (χ0v) is 36.7. The fraction of sp³-hybridized carbons (Fsp3) is 0.133. The molecular weight excluding hydrogens is 763 g/mol. The maximum Gasteiger partial charge on any atom is 0.0583 e. The Kier molecular flexibility index (Phi) is 8.06. The fourth-order valence-electron chi connectivity index (χ4n) is 11.1. The quantitative estimate of drug-likeness (QED) is 0.159. The minimum Gasteiger partial charge on any atom is -0.315 e. The monoisotopic (exact) mass is 811 g/mol. The first kappa shape index (κ1) is 37.4. The summed E-state index contributed by atoms with van der Waals surface area (Å²) in [6.07, 6.45) is 2.22. The number of nitrogens with zero attached hydrogens (tertiary/aromatic N) is 3. The number of rotatable bonds is 7. The molecule has 2 aliphatic heterocycles. The van der Waals surface area contributed by atoms with Crippen molar-refractivity contribution in [2.75, 3.05) is 9.80 Å². The van der Waals surface area contributed by atoms with Gasteiger partial charge < -0.3 is 14.4 Å². The van der Waals surface area contributed by atoms with Crippen LogP contribution in [0.25, 0.3) is 60.2 Å². The summed E-state index contributed by atoms with van der Waals surface area (Å²) in [6.45, 7) is 14.1. The van der Waals surface area contributed by atoms with Crippen LogP contribution in [0.5, 0.6) is 0 Å². The molecule has 3 heteroatoms. The van der Waals surface area contributed by atoms with Crippen molar-refractivity contribution >= 4 is 71.8 Å². The van der Waals surface area contributed by atoms with Crippen molar-refractivity contribution in [3.05, 3.63) is 216 Å². The van der Waals surface area contributed by atoms with Crippen molar-refractivity contribution in [3.8, 4) is 16.8 Å². The van der Waals surface area contributed by atoms with E-state index < -0.39 is 0 Å². The third-order valence-electron chi connectivity index (χ3n) is 14.4. The van der Waals surface area contributed by atoms with Gasteiger partial charge in [0.2, 0.25) is 0 Å². The minimum atomic E-state index is -0.225. The molecule has 0 aliphatic carbocycles. The van der Waals surface area contributed by atoms with E-state index in [1.165, 1.54) is 93.8 Å². The van der Waals surface area contributed by atoms with Gasteiger partial charge in [0, 0.05) is 55.1 Å². The molecule has 0 amide bonds. The van der Waals surface area contributed by atoms with Gasteiger partial charge in [-0.1, -0.05) is 155 Å². The highest BCUT2D eigenvalue weighted by molar-refractivity contribution is 6.16. The zero-order chi connectivity index (χ0) is 42.8. The van der Waals surface area contributed by atoms with Gasteiger partial charge in [0.1, 0.15) is 0 Å². The molecule has 0 unspecified atom stereocenters. The predicted molar refractivity (Wildman–Crippen MR) is 268 cm³/mol. The van der Waals surface area contributed by atoms with E-state index in [2.05, 4.69) is 244 Å². The van der Waals surface area contributed by atoms with Gasteiger partial charge in [-0.15, -0.1) is 0 Å². The summed E-state index contributed by atoms with van der Waals surface area (Å²) in [7, 11) is 0. The van der Waals surface area contributed by atoms with Gasteiger partial charge in [-0.25, -0.2) is 0 Å². The maximum absolute atomic E-state index is 2.63. The lowest BCUT2D eigenvalue weighted by Crippen LogP contribution is -2.33. The van der Waals surface area contributed by atoms with Crippen LogP contribution in [0, 0.1) is 0 Å². The molecule has 9 aromatic carbocycles. The number of hydrogen-bond donors (Lipinski definition) is 0. The minimum absolute atomic E-state index is 0.220. The molecule has 3 heterocycles. The fourth-order valence-corrected chi connectivity index (χ4v) is 11.1. The second kappa shape index (κ2) is 13.6. The van der Waals surface area contributed by atoms with E-state index in [-0.39, 0.29) is 10.8 Å². The average Bonchev–Trinajstić information content (AvgIpc) is 3.65. The third kappa shape index (κ3) is 5.32. The Morgan fingerprint density at radius 3 is 1.57 bits per heavy atom. The van der Waals surface area contributed by atoms with Crippen molar-refractivity contribution in [1.29, 1.82) is 0 Å². The van der Waals surface area contributed by atoms with Crippen molar-refractivity contribution in [2.45, 2.75) is 52.4 Å². The van der Waals surface area contributed by atoms with Crippen LogP contribution in [0.4, 0.5) is 28.4 Å². The van der Waals surface area contributed by atoms with Gasteiger partial charge in [-0.2, -0.15) is 0 Å². The molecule has 0 saturated heterocycles. The number of para-hydroxylation sites is 2. The first-order valence-corrected chi connectivity index (χ1v) is 22.3. The van der Waals surface area contributed by atoms with E-state index in [1.54, 1.807) is 0 Å². The molecule has 0 atom stereocenters. The van der Waals surface area contributed by atoms with Crippen LogP contribution in [0.3, 0.4) is 0 Å². The molecule has 0 spiro atoms. The van der Waals surface area contributed by atoms with Gasteiger partial charge in [0.05, 0.1) is 28.1 Å². The molecule has 1 aromatic heterocycles. The van der Waals surface area contributed by atoms with Crippen LogP contribution in [0.1, 0.15) is 63.8 Å². The van der Waals surface area contributed by atoms with Gasteiger partial charge in [-0.05, 0) is 119 Å². The summed E-state index contributed by atoms with van der Waals surface area (Å²) in [5.41, 5.74) is 18.5. The van der Waals surface area contributed by atoms with Gasteiger partial charge in [-0.3, -0.25) is 0 Å². The maximum atomic E-state index is 2.63. The Bertz CT molecular complexity index is 3440. The molecule has 63 heavy (non-hydrogen) atoms. The Balaban J connectivity index is 1.10. The number of aromatic nitrogens is 1. The van der Waals surface area contributed by atoms with E-state index in [9.17, 15) is 0 Å². The van der Waals surface area contributed by atoms with Crippen molar-refractivity contribution in [2.24, 2.45) is 0 Å².